The fraction of sp³-hybridized carbons (Fsp3) is 0. The van der Waals surface area contributed by atoms with Gasteiger partial charge in [-0.3, -0.25) is 19.7 Å². The van der Waals surface area contributed by atoms with Gasteiger partial charge >= 0.3 is 0 Å². The molecule has 0 atom stereocenters. The van der Waals surface area contributed by atoms with Crippen molar-refractivity contribution in [2.45, 2.75) is 0 Å². The Balaban J connectivity index is 2.37. The molecule has 0 aliphatic carbocycles. The maximum absolute atomic E-state index is 11.0. The van der Waals surface area contributed by atoms with Crippen molar-refractivity contribution in [1.82, 2.24) is 14.5 Å². The molecule has 2 heterocycles. The second-order valence-electron chi connectivity index (χ2n) is 4.01. The molecule has 7 heteroatoms. The fourth-order valence-corrected chi connectivity index (χ4v) is 2.11. The SMILES string of the molecule is N#Cc1nccn1-c1ccc([N+](=O)[O-])c2ccncc12. The summed E-state index contributed by atoms with van der Waals surface area (Å²) in [4.78, 5) is 18.5. The molecule has 0 amide bonds. The molecule has 0 saturated carbocycles. The van der Waals surface area contributed by atoms with Gasteiger partial charge in [-0.1, -0.05) is 0 Å². The summed E-state index contributed by atoms with van der Waals surface area (Å²) >= 11 is 0. The summed E-state index contributed by atoms with van der Waals surface area (Å²) in [5.41, 5.74) is 0.637. The van der Waals surface area contributed by atoms with Crippen LogP contribution in [0.2, 0.25) is 0 Å². The highest BCUT2D eigenvalue weighted by atomic mass is 16.6. The molecular formula is C13H7N5O2. The number of aromatic nitrogens is 3. The standard InChI is InChI=1S/C13H7N5O2/c14-7-13-16-5-6-17(13)11-1-2-12(18(19)20)9-3-4-15-8-10(9)11/h1-6,8H. The van der Waals surface area contributed by atoms with Gasteiger partial charge in [0, 0.05) is 36.2 Å². The predicted octanol–water partition coefficient (Wildman–Crippen LogP) is 2.20. The van der Waals surface area contributed by atoms with Crippen molar-refractivity contribution >= 4 is 16.5 Å². The van der Waals surface area contributed by atoms with Crippen LogP contribution < -0.4 is 0 Å². The van der Waals surface area contributed by atoms with Crippen LogP contribution in [0.1, 0.15) is 5.82 Å². The molecule has 0 fully saturated rings. The second-order valence-corrected chi connectivity index (χ2v) is 4.01. The minimum absolute atomic E-state index is 0.00442. The van der Waals surface area contributed by atoms with Gasteiger partial charge < -0.3 is 0 Å². The molecule has 0 spiro atoms. The highest BCUT2D eigenvalue weighted by Crippen LogP contribution is 2.30. The zero-order chi connectivity index (χ0) is 14.1. The van der Waals surface area contributed by atoms with Crippen LogP contribution in [0, 0.1) is 21.4 Å². The van der Waals surface area contributed by atoms with Crippen LogP contribution in [0.25, 0.3) is 16.5 Å². The van der Waals surface area contributed by atoms with E-state index in [1.807, 2.05) is 6.07 Å². The lowest BCUT2D eigenvalue weighted by atomic mass is 10.1. The third kappa shape index (κ3) is 1.67. The Hall–Kier alpha value is -3.27. The van der Waals surface area contributed by atoms with E-state index in [9.17, 15) is 10.1 Å². The Morgan fingerprint density at radius 1 is 1.25 bits per heavy atom. The molecule has 7 nitrogen and oxygen atoms in total. The zero-order valence-electron chi connectivity index (χ0n) is 10.1. The number of hydrogen-bond donors (Lipinski definition) is 0. The number of fused-ring (bicyclic) bond motifs is 1. The van der Waals surface area contributed by atoms with Gasteiger partial charge in [-0.2, -0.15) is 5.26 Å². The van der Waals surface area contributed by atoms with Crippen molar-refractivity contribution in [2.75, 3.05) is 0 Å². The number of rotatable bonds is 2. The van der Waals surface area contributed by atoms with Gasteiger partial charge in [-0.15, -0.1) is 0 Å². The third-order valence-electron chi connectivity index (χ3n) is 2.97. The molecule has 3 rings (SSSR count). The normalized spacial score (nSPS) is 10.3. The molecule has 0 N–H and O–H groups in total. The average molecular weight is 265 g/mol. The first kappa shape index (κ1) is 11.8. The Bertz CT molecular complexity index is 863. The number of imidazole rings is 1. The van der Waals surface area contributed by atoms with Crippen LogP contribution in [-0.4, -0.2) is 19.5 Å². The summed E-state index contributed by atoms with van der Waals surface area (Å²) in [6, 6.07) is 6.56. The first-order valence-electron chi connectivity index (χ1n) is 5.67. The molecule has 0 unspecified atom stereocenters. The largest absolute Gasteiger partial charge is 0.291 e. The maximum atomic E-state index is 11.0. The molecule has 0 radical (unpaired) electrons. The molecule has 96 valence electrons. The van der Waals surface area contributed by atoms with Crippen LogP contribution in [-0.2, 0) is 0 Å². The molecule has 1 aromatic carbocycles. The highest BCUT2D eigenvalue weighted by molar-refractivity contribution is 5.96. The molecule has 2 aromatic heterocycles. The number of hydrogen-bond acceptors (Lipinski definition) is 5. The first-order chi connectivity index (χ1) is 9.72. The number of nitro groups is 1. The average Bonchev–Trinajstić information content (AvgIpc) is 2.94. The van der Waals surface area contributed by atoms with E-state index < -0.39 is 4.92 Å². The van der Waals surface area contributed by atoms with E-state index in [-0.39, 0.29) is 11.5 Å². The quantitative estimate of drug-likeness (QED) is 0.522. The number of nitriles is 1. The van der Waals surface area contributed by atoms with Gasteiger partial charge in [0.2, 0.25) is 5.82 Å². The van der Waals surface area contributed by atoms with Crippen LogP contribution in [0.4, 0.5) is 5.69 Å². The van der Waals surface area contributed by atoms with E-state index in [0.717, 1.165) is 0 Å². The minimum Gasteiger partial charge on any atom is -0.291 e. The third-order valence-corrected chi connectivity index (χ3v) is 2.97. The second kappa shape index (κ2) is 4.44. The predicted molar refractivity (Wildman–Crippen MR) is 70.2 cm³/mol. The van der Waals surface area contributed by atoms with E-state index in [1.165, 1.54) is 18.5 Å². The van der Waals surface area contributed by atoms with Crippen molar-refractivity contribution in [2.24, 2.45) is 0 Å². The van der Waals surface area contributed by atoms with Crippen molar-refractivity contribution in [3.05, 3.63) is 58.9 Å². The lowest BCUT2D eigenvalue weighted by Crippen LogP contribution is -1.99. The van der Waals surface area contributed by atoms with Gasteiger partial charge in [0.1, 0.15) is 6.07 Å². The lowest BCUT2D eigenvalue weighted by Gasteiger charge is -2.08. The van der Waals surface area contributed by atoms with Gasteiger partial charge in [0.15, 0.2) is 0 Å². The van der Waals surface area contributed by atoms with E-state index in [4.69, 9.17) is 5.26 Å². The molecular weight excluding hydrogens is 258 g/mol. The summed E-state index contributed by atoms with van der Waals surface area (Å²) in [5, 5.41) is 21.1. The minimum atomic E-state index is -0.439. The monoisotopic (exact) mass is 265 g/mol. The van der Waals surface area contributed by atoms with Gasteiger partial charge in [-0.05, 0) is 12.1 Å². The molecule has 0 bridgehead atoms. The summed E-state index contributed by atoms with van der Waals surface area (Å²) in [6.07, 6.45) is 6.17. The Morgan fingerprint density at radius 2 is 2.10 bits per heavy atom. The lowest BCUT2D eigenvalue weighted by molar-refractivity contribution is -0.383. The van der Waals surface area contributed by atoms with Crippen molar-refractivity contribution in [3.63, 3.8) is 0 Å². The fourth-order valence-electron chi connectivity index (χ4n) is 2.11. The molecule has 0 aliphatic heterocycles. The summed E-state index contributed by atoms with van der Waals surface area (Å²) in [5.74, 6) is 0.212. The van der Waals surface area contributed by atoms with Gasteiger partial charge in [-0.25, -0.2) is 4.98 Å². The summed E-state index contributed by atoms with van der Waals surface area (Å²) < 4.78 is 1.58. The number of nitro benzene ring substituents is 1. The maximum Gasteiger partial charge on any atom is 0.277 e. The summed E-state index contributed by atoms with van der Waals surface area (Å²) in [7, 11) is 0. The Labute approximate surface area is 112 Å². The highest BCUT2D eigenvalue weighted by Gasteiger charge is 2.16. The molecule has 0 aliphatic rings. The topological polar surface area (TPSA) is 97.6 Å². The zero-order valence-corrected chi connectivity index (χ0v) is 10.1. The number of non-ortho nitro benzene ring substituents is 1. The van der Waals surface area contributed by atoms with Crippen molar-refractivity contribution in [3.8, 4) is 11.8 Å². The Kier molecular flexibility index (Phi) is 2.62. The van der Waals surface area contributed by atoms with E-state index in [2.05, 4.69) is 9.97 Å². The molecule has 3 aromatic rings. The van der Waals surface area contributed by atoms with Crippen molar-refractivity contribution < 1.29 is 4.92 Å². The number of pyridine rings is 1. The van der Waals surface area contributed by atoms with Crippen molar-refractivity contribution in [1.29, 1.82) is 5.26 Å². The van der Waals surface area contributed by atoms with Crippen LogP contribution >= 0.6 is 0 Å². The van der Waals surface area contributed by atoms with E-state index >= 15 is 0 Å². The van der Waals surface area contributed by atoms with Crippen LogP contribution in [0.15, 0.2) is 43.0 Å². The van der Waals surface area contributed by atoms with Gasteiger partial charge in [0.25, 0.3) is 5.69 Å². The molecule has 20 heavy (non-hydrogen) atoms. The summed E-state index contributed by atoms with van der Waals surface area (Å²) in [6.45, 7) is 0. The molecule has 0 saturated heterocycles. The number of nitrogens with zero attached hydrogens (tertiary/aromatic N) is 5. The number of benzene rings is 1. The van der Waals surface area contributed by atoms with Crippen LogP contribution in [0.3, 0.4) is 0 Å². The Morgan fingerprint density at radius 3 is 2.85 bits per heavy atom. The first-order valence-corrected chi connectivity index (χ1v) is 5.67. The van der Waals surface area contributed by atoms with E-state index in [0.29, 0.717) is 16.5 Å². The van der Waals surface area contributed by atoms with E-state index in [1.54, 1.807) is 29.1 Å². The van der Waals surface area contributed by atoms with Crippen LogP contribution in [0.5, 0.6) is 0 Å². The van der Waals surface area contributed by atoms with Gasteiger partial charge in [0.05, 0.1) is 16.0 Å². The smallest absolute Gasteiger partial charge is 0.277 e.